The van der Waals surface area contributed by atoms with Crippen molar-refractivity contribution < 1.29 is 9.13 Å². The number of pyridine rings is 1. The van der Waals surface area contributed by atoms with E-state index in [4.69, 9.17) is 16.3 Å². The summed E-state index contributed by atoms with van der Waals surface area (Å²) < 4.78 is 18.9. The maximum Gasteiger partial charge on any atom is 0.149 e. The number of hydrogen-bond donors (Lipinski definition) is 0. The van der Waals surface area contributed by atoms with Gasteiger partial charge in [0.15, 0.2) is 0 Å². The number of rotatable bonds is 2. The first-order valence-electron chi connectivity index (χ1n) is 4.39. The third-order valence-corrected chi connectivity index (χ3v) is 2.75. The third kappa shape index (κ3) is 2.51. The smallest absolute Gasteiger partial charge is 0.149 e. The molecule has 0 saturated carbocycles. The molecule has 16 heavy (non-hydrogen) atoms. The van der Waals surface area contributed by atoms with Crippen molar-refractivity contribution in [2.24, 2.45) is 0 Å². The predicted octanol–water partition coefficient (Wildman–Crippen LogP) is 4.43. The molecule has 0 unspecified atom stereocenters. The Morgan fingerprint density at radius 1 is 1.25 bits per heavy atom. The van der Waals surface area contributed by atoms with Crippen molar-refractivity contribution >= 4 is 27.5 Å². The first-order valence-corrected chi connectivity index (χ1v) is 5.56. The summed E-state index contributed by atoms with van der Waals surface area (Å²) in [4.78, 5) is 3.84. The van der Waals surface area contributed by atoms with Crippen LogP contribution in [-0.2, 0) is 0 Å². The fourth-order valence-corrected chi connectivity index (χ4v) is 1.71. The Labute approximate surface area is 105 Å². The van der Waals surface area contributed by atoms with Gasteiger partial charge >= 0.3 is 0 Å². The highest BCUT2D eigenvalue weighted by atomic mass is 79.9. The van der Waals surface area contributed by atoms with Gasteiger partial charge in [-0.25, -0.2) is 4.39 Å². The SMILES string of the molecule is Fc1ccc(Oc2ccncc2Cl)c(Br)c1. The van der Waals surface area contributed by atoms with Crippen LogP contribution in [0.2, 0.25) is 5.02 Å². The molecule has 0 radical (unpaired) electrons. The molecule has 0 fully saturated rings. The highest BCUT2D eigenvalue weighted by Gasteiger charge is 2.06. The van der Waals surface area contributed by atoms with E-state index in [1.807, 2.05) is 0 Å². The van der Waals surface area contributed by atoms with Crippen molar-refractivity contribution in [2.45, 2.75) is 0 Å². The van der Waals surface area contributed by atoms with E-state index in [2.05, 4.69) is 20.9 Å². The van der Waals surface area contributed by atoms with Gasteiger partial charge in [0.25, 0.3) is 0 Å². The largest absolute Gasteiger partial charge is 0.454 e. The van der Waals surface area contributed by atoms with Crippen molar-refractivity contribution in [1.29, 1.82) is 0 Å². The zero-order valence-electron chi connectivity index (χ0n) is 7.95. The number of nitrogens with zero attached hydrogens (tertiary/aromatic N) is 1. The minimum absolute atomic E-state index is 0.333. The molecule has 5 heteroatoms. The fraction of sp³-hybridized carbons (Fsp3) is 0. The van der Waals surface area contributed by atoms with E-state index in [0.29, 0.717) is 21.0 Å². The van der Waals surface area contributed by atoms with Crippen molar-refractivity contribution in [2.75, 3.05) is 0 Å². The monoisotopic (exact) mass is 301 g/mol. The summed E-state index contributed by atoms with van der Waals surface area (Å²) >= 11 is 9.09. The predicted molar refractivity (Wildman–Crippen MR) is 63.4 cm³/mol. The Bertz CT molecular complexity index is 521. The van der Waals surface area contributed by atoms with Gasteiger partial charge in [0.2, 0.25) is 0 Å². The van der Waals surface area contributed by atoms with Gasteiger partial charge in [0.05, 0.1) is 4.47 Å². The summed E-state index contributed by atoms with van der Waals surface area (Å²) in [5.74, 6) is 0.638. The maximum atomic E-state index is 12.8. The van der Waals surface area contributed by atoms with Crippen LogP contribution in [0.3, 0.4) is 0 Å². The van der Waals surface area contributed by atoms with Crippen LogP contribution in [0.4, 0.5) is 4.39 Å². The molecule has 0 bridgehead atoms. The second kappa shape index (κ2) is 4.80. The maximum absolute atomic E-state index is 12.8. The first kappa shape index (κ1) is 11.4. The minimum Gasteiger partial charge on any atom is -0.454 e. The average molecular weight is 303 g/mol. The molecule has 82 valence electrons. The van der Waals surface area contributed by atoms with E-state index in [9.17, 15) is 4.39 Å². The van der Waals surface area contributed by atoms with Gasteiger partial charge in [0.1, 0.15) is 22.3 Å². The van der Waals surface area contributed by atoms with Gasteiger partial charge in [-0.05, 0) is 34.1 Å². The lowest BCUT2D eigenvalue weighted by molar-refractivity contribution is 0.477. The molecule has 2 nitrogen and oxygen atoms in total. The molecule has 1 heterocycles. The number of hydrogen-bond acceptors (Lipinski definition) is 2. The lowest BCUT2D eigenvalue weighted by atomic mass is 10.3. The van der Waals surface area contributed by atoms with E-state index in [0.717, 1.165) is 0 Å². The lowest BCUT2D eigenvalue weighted by Crippen LogP contribution is -1.87. The highest BCUT2D eigenvalue weighted by Crippen LogP contribution is 2.33. The summed E-state index contributed by atoms with van der Waals surface area (Å²) in [6, 6.07) is 5.80. The Hall–Kier alpha value is -1.13. The molecule has 0 atom stereocenters. The van der Waals surface area contributed by atoms with Crippen LogP contribution in [-0.4, -0.2) is 4.98 Å². The molecular formula is C11H6BrClFNO. The van der Waals surface area contributed by atoms with E-state index < -0.39 is 0 Å². The minimum atomic E-state index is -0.333. The van der Waals surface area contributed by atoms with E-state index in [-0.39, 0.29) is 5.82 Å². The molecular weight excluding hydrogens is 296 g/mol. The van der Waals surface area contributed by atoms with Gasteiger partial charge < -0.3 is 4.74 Å². The van der Waals surface area contributed by atoms with Crippen LogP contribution in [0.5, 0.6) is 11.5 Å². The molecule has 0 aliphatic rings. The molecule has 0 spiro atoms. The zero-order valence-corrected chi connectivity index (χ0v) is 10.3. The third-order valence-electron chi connectivity index (χ3n) is 1.85. The van der Waals surface area contributed by atoms with Crippen LogP contribution in [0, 0.1) is 5.82 Å². The van der Waals surface area contributed by atoms with Crippen molar-refractivity contribution in [1.82, 2.24) is 4.98 Å². The number of ether oxygens (including phenoxy) is 1. The molecule has 0 aliphatic heterocycles. The zero-order chi connectivity index (χ0) is 11.5. The first-order chi connectivity index (χ1) is 7.66. The summed E-state index contributed by atoms with van der Waals surface area (Å²) in [6.07, 6.45) is 3.05. The van der Waals surface area contributed by atoms with Crippen LogP contribution >= 0.6 is 27.5 Å². The summed E-state index contributed by atoms with van der Waals surface area (Å²) in [5, 5.41) is 0.402. The average Bonchev–Trinajstić information content (AvgIpc) is 2.25. The topological polar surface area (TPSA) is 22.1 Å². The molecule has 0 aliphatic carbocycles. The standard InChI is InChI=1S/C11H6BrClFNO/c12-8-5-7(14)1-2-10(8)16-11-3-4-15-6-9(11)13/h1-6H. The Morgan fingerprint density at radius 2 is 2.06 bits per heavy atom. The van der Waals surface area contributed by atoms with E-state index in [1.165, 1.54) is 24.4 Å². The fourth-order valence-electron chi connectivity index (χ4n) is 1.12. The Kier molecular flexibility index (Phi) is 3.41. The van der Waals surface area contributed by atoms with Gasteiger partial charge in [-0.2, -0.15) is 0 Å². The summed E-state index contributed by atoms with van der Waals surface area (Å²) in [6.45, 7) is 0. The summed E-state index contributed by atoms with van der Waals surface area (Å²) in [5.41, 5.74) is 0. The molecule has 0 N–H and O–H groups in total. The van der Waals surface area contributed by atoms with Crippen LogP contribution in [0.25, 0.3) is 0 Å². The van der Waals surface area contributed by atoms with Gasteiger partial charge in [-0.15, -0.1) is 0 Å². The molecule has 1 aromatic carbocycles. The Morgan fingerprint density at radius 3 is 2.75 bits per heavy atom. The van der Waals surface area contributed by atoms with E-state index in [1.54, 1.807) is 12.3 Å². The second-order valence-corrected chi connectivity index (χ2v) is 4.24. The van der Waals surface area contributed by atoms with E-state index >= 15 is 0 Å². The normalized spacial score (nSPS) is 10.2. The Balaban J connectivity index is 2.31. The quantitative estimate of drug-likeness (QED) is 0.819. The molecule has 2 rings (SSSR count). The van der Waals surface area contributed by atoms with Crippen molar-refractivity contribution in [3.05, 3.63) is 52.0 Å². The lowest BCUT2D eigenvalue weighted by Gasteiger charge is -2.08. The highest BCUT2D eigenvalue weighted by molar-refractivity contribution is 9.10. The number of halogens is 3. The second-order valence-electron chi connectivity index (χ2n) is 2.98. The van der Waals surface area contributed by atoms with Crippen molar-refractivity contribution in [3.63, 3.8) is 0 Å². The van der Waals surface area contributed by atoms with Gasteiger partial charge in [0, 0.05) is 18.5 Å². The number of aromatic nitrogens is 1. The van der Waals surface area contributed by atoms with Crippen molar-refractivity contribution in [3.8, 4) is 11.5 Å². The molecule has 1 aromatic heterocycles. The molecule has 0 saturated heterocycles. The van der Waals surface area contributed by atoms with Gasteiger partial charge in [-0.3, -0.25) is 4.98 Å². The molecule has 2 aromatic rings. The summed E-state index contributed by atoms with van der Waals surface area (Å²) in [7, 11) is 0. The van der Waals surface area contributed by atoms with Crippen LogP contribution in [0.1, 0.15) is 0 Å². The number of benzene rings is 1. The molecule has 0 amide bonds. The van der Waals surface area contributed by atoms with Crippen LogP contribution < -0.4 is 4.74 Å². The van der Waals surface area contributed by atoms with Gasteiger partial charge in [-0.1, -0.05) is 11.6 Å². The van der Waals surface area contributed by atoms with Crippen LogP contribution in [0.15, 0.2) is 41.1 Å².